The maximum absolute atomic E-state index is 12.8. The van der Waals surface area contributed by atoms with Crippen molar-refractivity contribution in [1.82, 2.24) is 14.7 Å². The van der Waals surface area contributed by atoms with Crippen molar-refractivity contribution < 1.29 is 19.0 Å². The molecule has 2 unspecified atom stereocenters. The summed E-state index contributed by atoms with van der Waals surface area (Å²) >= 11 is 10.7. The van der Waals surface area contributed by atoms with Gasteiger partial charge >= 0.3 is 6.09 Å². The molecule has 0 saturated carbocycles. The highest BCUT2D eigenvalue weighted by Gasteiger charge is 2.37. The van der Waals surface area contributed by atoms with Crippen LogP contribution in [0.15, 0.2) is 40.0 Å². The zero-order valence-electron chi connectivity index (χ0n) is 24.1. The molecule has 0 N–H and O–H groups in total. The van der Waals surface area contributed by atoms with Crippen molar-refractivity contribution in [3.8, 4) is 0 Å². The summed E-state index contributed by atoms with van der Waals surface area (Å²) in [6, 6.07) is 2.04. The van der Waals surface area contributed by atoms with Crippen molar-refractivity contribution in [2.75, 3.05) is 32.9 Å². The number of benzene rings is 1. The molecule has 2 aromatic rings. The van der Waals surface area contributed by atoms with E-state index in [0.717, 1.165) is 77.5 Å². The van der Waals surface area contributed by atoms with E-state index in [2.05, 4.69) is 40.1 Å². The third-order valence-corrected chi connectivity index (χ3v) is 9.24. The summed E-state index contributed by atoms with van der Waals surface area (Å²) in [4.78, 5) is 14.6. The highest BCUT2D eigenvalue weighted by molar-refractivity contribution is 9.10. The molecule has 2 aliphatic heterocycles. The van der Waals surface area contributed by atoms with E-state index in [1.165, 1.54) is 11.1 Å². The molecule has 1 aromatic heterocycles. The highest BCUT2D eigenvalue weighted by Crippen LogP contribution is 2.39. The molecule has 0 radical (unpaired) electrons. The van der Waals surface area contributed by atoms with Crippen molar-refractivity contribution in [3.05, 3.63) is 50.6 Å². The Labute approximate surface area is 251 Å². The minimum atomic E-state index is -0.521. The number of halogens is 2. The Morgan fingerprint density at radius 2 is 2.10 bits per heavy atom. The van der Waals surface area contributed by atoms with Crippen LogP contribution >= 0.6 is 27.5 Å². The maximum Gasteiger partial charge on any atom is 0.410 e. The number of aromatic nitrogens is 2. The molecule has 0 bridgehead atoms. The first kappa shape index (κ1) is 29.6. The first-order valence-electron chi connectivity index (χ1n) is 14.5. The lowest BCUT2D eigenvalue weighted by atomic mass is 9.82. The van der Waals surface area contributed by atoms with Crippen LogP contribution in [0.1, 0.15) is 78.0 Å². The van der Waals surface area contributed by atoms with Crippen molar-refractivity contribution in [3.63, 3.8) is 0 Å². The molecule has 5 rings (SSSR count). The van der Waals surface area contributed by atoms with E-state index in [-0.39, 0.29) is 17.7 Å². The molecule has 218 valence electrons. The predicted octanol–water partition coefficient (Wildman–Crippen LogP) is 8.00. The molecule has 1 aliphatic carbocycles. The van der Waals surface area contributed by atoms with Crippen molar-refractivity contribution in [2.45, 2.75) is 84.5 Å². The van der Waals surface area contributed by atoms with Gasteiger partial charge in [-0.2, -0.15) is 5.10 Å². The SMILES string of the molecule is CC(C)(C)OC(=O)N1CCOCC(C)(C2=CCC(CCCc3c(Cl)cc4c(cnn4C4CCCCO4)c3Br)=C2)C1. The van der Waals surface area contributed by atoms with E-state index in [9.17, 15) is 4.79 Å². The summed E-state index contributed by atoms with van der Waals surface area (Å²) in [5, 5.41) is 6.49. The summed E-state index contributed by atoms with van der Waals surface area (Å²) in [5.41, 5.74) is 4.00. The fourth-order valence-electron chi connectivity index (χ4n) is 5.88. The van der Waals surface area contributed by atoms with Gasteiger partial charge in [-0.25, -0.2) is 9.48 Å². The minimum Gasteiger partial charge on any atom is -0.444 e. The highest BCUT2D eigenvalue weighted by atomic mass is 79.9. The zero-order chi connectivity index (χ0) is 28.5. The van der Waals surface area contributed by atoms with Gasteiger partial charge in [0.15, 0.2) is 6.23 Å². The number of fused-ring (bicyclic) bond motifs is 1. The minimum absolute atomic E-state index is 0.0204. The average molecular weight is 635 g/mol. The van der Waals surface area contributed by atoms with Gasteiger partial charge in [-0.05, 0) is 98.8 Å². The molecule has 40 heavy (non-hydrogen) atoms. The van der Waals surface area contributed by atoms with Crippen LogP contribution in [0.25, 0.3) is 10.9 Å². The molecular weight excluding hydrogens is 594 g/mol. The van der Waals surface area contributed by atoms with Crippen molar-refractivity contribution in [1.29, 1.82) is 0 Å². The monoisotopic (exact) mass is 633 g/mol. The molecule has 2 fully saturated rings. The van der Waals surface area contributed by atoms with Gasteiger partial charge in [0.2, 0.25) is 0 Å². The number of carbonyl (C=O) groups is 1. The van der Waals surface area contributed by atoms with Crippen molar-refractivity contribution in [2.24, 2.45) is 5.41 Å². The van der Waals surface area contributed by atoms with Crippen LogP contribution in [0.3, 0.4) is 0 Å². The Balaban J connectivity index is 1.22. The molecule has 9 heteroatoms. The third-order valence-electron chi connectivity index (χ3n) is 8.00. The first-order valence-corrected chi connectivity index (χ1v) is 15.6. The smallest absolute Gasteiger partial charge is 0.410 e. The van der Waals surface area contributed by atoms with Crippen LogP contribution in [-0.2, 0) is 20.6 Å². The second kappa shape index (κ2) is 12.2. The molecule has 0 spiro atoms. The lowest BCUT2D eigenvalue weighted by Gasteiger charge is -2.33. The zero-order valence-corrected chi connectivity index (χ0v) is 26.4. The molecule has 3 heterocycles. The number of amides is 1. The Hall–Kier alpha value is -1.87. The Morgan fingerprint density at radius 1 is 1.27 bits per heavy atom. The van der Waals surface area contributed by atoms with E-state index in [0.29, 0.717) is 26.3 Å². The van der Waals surface area contributed by atoms with E-state index < -0.39 is 5.60 Å². The van der Waals surface area contributed by atoms with E-state index >= 15 is 0 Å². The van der Waals surface area contributed by atoms with Gasteiger partial charge in [-0.15, -0.1) is 0 Å². The number of carbonyl (C=O) groups excluding carboxylic acids is 1. The number of rotatable bonds is 6. The summed E-state index contributed by atoms with van der Waals surface area (Å²) in [5.74, 6) is 0. The Kier molecular flexibility index (Phi) is 9.00. The molecule has 2 atom stereocenters. The summed E-state index contributed by atoms with van der Waals surface area (Å²) in [6.45, 7) is 10.9. The number of ether oxygens (including phenoxy) is 3. The number of hydrogen-bond acceptors (Lipinski definition) is 5. The lowest BCUT2D eigenvalue weighted by molar-refractivity contribution is -0.0366. The van der Waals surface area contributed by atoms with Gasteiger partial charge in [0.25, 0.3) is 0 Å². The Bertz CT molecular complexity index is 1310. The molecule has 2 saturated heterocycles. The third kappa shape index (κ3) is 6.61. The van der Waals surface area contributed by atoms with Gasteiger partial charge in [0.05, 0.1) is 24.9 Å². The van der Waals surface area contributed by atoms with Gasteiger partial charge in [-0.3, -0.25) is 0 Å². The number of allylic oxidation sites excluding steroid dienone is 3. The van der Waals surface area contributed by atoms with E-state index in [1.54, 1.807) is 4.90 Å². The standard InChI is InChI=1S/C31H41BrClN3O4/c1-30(2,3)40-29(37)35-13-15-38-20-31(4,19-35)22-12-11-21(16-22)8-7-9-23-25(33)17-26-24(28(23)32)18-34-36(26)27-10-5-6-14-39-27/h12,16-18,27H,5-11,13-15,19-20H2,1-4H3. The first-order chi connectivity index (χ1) is 19.0. The molecule has 7 nitrogen and oxygen atoms in total. The van der Waals surface area contributed by atoms with Gasteiger partial charge < -0.3 is 19.1 Å². The van der Waals surface area contributed by atoms with Crippen LogP contribution in [0.2, 0.25) is 5.02 Å². The topological polar surface area (TPSA) is 65.8 Å². The largest absolute Gasteiger partial charge is 0.444 e. The molecule has 1 amide bonds. The average Bonchev–Trinajstić information content (AvgIpc) is 3.50. The quantitative estimate of drug-likeness (QED) is 0.322. The fraction of sp³-hybridized carbons (Fsp3) is 0.613. The normalized spacial score (nSPS) is 24.1. The van der Waals surface area contributed by atoms with Crippen LogP contribution in [0.4, 0.5) is 4.79 Å². The van der Waals surface area contributed by atoms with E-state index in [1.807, 2.05) is 37.7 Å². The van der Waals surface area contributed by atoms with E-state index in [4.69, 9.17) is 25.8 Å². The van der Waals surface area contributed by atoms with Gasteiger partial charge in [-0.1, -0.05) is 36.2 Å². The van der Waals surface area contributed by atoms with Crippen LogP contribution < -0.4 is 0 Å². The molecule has 1 aromatic carbocycles. The molecule has 3 aliphatic rings. The maximum atomic E-state index is 12.8. The lowest BCUT2D eigenvalue weighted by Crippen LogP contribution is -2.43. The number of hydrogen-bond donors (Lipinski definition) is 0. The summed E-state index contributed by atoms with van der Waals surface area (Å²) in [6.07, 6.45) is 13.3. The Morgan fingerprint density at radius 3 is 2.85 bits per heavy atom. The van der Waals surface area contributed by atoms with Crippen molar-refractivity contribution >= 4 is 44.5 Å². The second-order valence-electron chi connectivity index (χ2n) is 12.5. The second-order valence-corrected chi connectivity index (χ2v) is 13.7. The number of nitrogens with zero attached hydrogens (tertiary/aromatic N) is 3. The van der Waals surface area contributed by atoms with Crippen LogP contribution in [-0.4, -0.2) is 59.3 Å². The molecular formula is C31H41BrClN3O4. The van der Waals surface area contributed by atoms with Crippen LogP contribution in [0.5, 0.6) is 0 Å². The van der Waals surface area contributed by atoms with Gasteiger partial charge in [0, 0.05) is 40.0 Å². The van der Waals surface area contributed by atoms with Crippen LogP contribution in [0, 0.1) is 5.41 Å². The fourth-order valence-corrected chi connectivity index (χ4v) is 7.00. The predicted molar refractivity (Wildman–Crippen MR) is 162 cm³/mol. The van der Waals surface area contributed by atoms with Gasteiger partial charge in [0.1, 0.15) is 5.60 Å². The summed E-state index contributed by atoms with van der Waals surface area (Å²) < 4.78 is 20.6. The summed E-state index contributed by atoms with van der Waals surface area (Å²) in [7, 11) is 0.